The standard InChI is InChI=1S/C47H90O6/c1-7-43(6)35-29-23-17-12-14-19-25-31-37-46(49)52-40-44(53-47(50)38-32-26-20-13-11-16-22-28-34-42(4)5)39-51-45(48)36-30-24-18-10-8-9-15-21-27-33-41(2)3/h41-44H,7-40H2,1-6H3/t43?,44-/m0/s1. The van der Waals surface area contributed by atoms with E-state index in [9.17, 15) is 14.4 Å². The Morgan fingerprint density at radius 1 is 0.377 bits per heavy atom. The smallest absolute Gasteiger partial charge is 0.306 e. The Balaban J connectivity index is 4.36. The fraction of sp³-hybridized carbons (Fsp3) is 0.936. The predicted octanol–water partition coefficient (Wildman–Crippen LogP) is 14.4. The number of unbranched alkanes of at least 4 members (excludes halogenated alkanes) is 22. The largest absolute Gasteiger partial charge is 0.462 e. The summed E-state index contributed by atoms with van der Waals surface area (Å²) in [6.07, 6.45) is 35.2. The van der Waals surface area contributed by atoms with E-state index in [0.29, 0.717) is 19.3 Å². The molecule has 53 heavy (non-hydrogen) atoms. The van der Waals surface area contributed by atoms with Crippen molar-refractivity contribution in [1.29, 1.82) is 0 Å². The summed E-state index contributed by atoms with van der Waals surface area (Å²) in [5, 5.41) is 0. The molecule has 1 unspecified atom stereocenters. The normalized spacial score (nSPS) is 12.7. The molecule has 0 fully saturated rings. The summed E-state index contributed by atoms with van der Waals surface area (Å²) in [5.74, 6) is 1.59. The minimum absolute atomic E-state index is 0.0666. The van der Waals surface area contributed by atoms with Crippen molar-refractivity contribution in [2.45, 2.75) is 253 Å². The molecule has 0 radical (unpaired) electrons. The Morgan fingerprint density at radius 2 is 0.660 bits per heavy atom. The summed E-state index contributed by atoms with van der Waals surface area (Å²) < 4.78 is 16.7. The molecule has 0 aliphatic heterocycles. The Kier molecular flexibility index (Phi) is 37.5. The van der Waals surface area contributed by atoms with Gasteiger partial charge in [-0.05, 0) is 37.0 Å². The van der Waals surface area contributed by atoms with Gasteiger partial charge in [-0.2, -0.15) is 0 Å². The maximum Gasteiger partial charge on any atom is 0.306 e. The van der Waals surface area contributed by atoms with E-state index in [-0.39, 0.29) is 31.1 Å². The zero-order valence-corrected chi connectivity index (χ0v) is 36.3. The summed E-state index contributed by atoms with van der Waals surface area (Å²) in [4.78, 5) is 37.7. The van der Waals surface area contributed by atoms with Crippen molar-refractivity contribution in [2.24, 2.45) is 17.8 Å². The van der Waals surface area contributed by atoms with Crippen LogP contribution in [0, 0.1) is 17.8 Å². The highest BCUT2D eigenvalue weighted by atomic mass is 16.6. The third-order valence-electron chi connectivity index (χ3n) is 10.8. The van der Waals surface area contributed by atoms with Gasteiger partial charge in [0.15, 0.2) is 6.10 Å². The zero-order valence-electron chi connectivity index (χ0n) is 36.3. The highest BCUT2D eigenvalue weighted by Crippen LogP contribution is 2.17. The zero-order chi connectivity index (χ0) is 39.2. The lowest BCUT2D eigenvalue weighted by molar-refractivity contribution is -0.167. The van der Waals surface area contributed by atoms with Crippen LogP contribution in [0.2, 0.25) is 0 Å². The van der Waals surface area contributed by atoms with Gasteiger partial charge in [-0.15, -0.1) is 0 Å². The van der Waals surface area contributed by atoms with Crippen LogP contribution in [-0.2, 0) is 28.6 Å². The maximum absolute atomic E-state index is 12.7. The van der Waals surface area contributed by atoms with E-state index in [4.69, 9.17) is 14.2 Å². The van der Waals surface area contributed by atoms with E-state index in [1.807, 2.05) is 0 Å². The SMILES string of the molecule is CCC(C)CCCCCCCCCCC(=O)OC[C@H](COC(=O)CCCCCCCCCCCC(C)C)OC(=O)CCCCCCCCCCC(C)C. The lowest BCUT2D eigenvalue weighted by Crippen LogP contribution is -2.30. The van der Waals surface area contributed by atoms with Gasteiger partial charge in [0.25, 0.3) is 0 Å². The molecule has 0 heterocycles. The molecular weight excluding hydrogens is 661 g/mol. The topological polar surface area (TPSA) is 78.9 Å². The number of ether oxygens (including phenoxy) is 3. The summed E-state index contributed by atoms with van der Waals surface area (Å²) >= 11 is 0. The molecule has 0 saturated carbocycles. The molecule has 0 aliphatic rings. The second-order valence-corrected chi connectivity index (χ2v) is 17.2. The molecule has 0 saturated heterocycles. The highest BCUT2D eigenvalue weighted by Gasteiger charge is 2.19. The van der Waals surface area contributed by atoms with Gasteiger partial charge in [0.1, 0.15) is 13.2 Å². The first-order valence-corrected chi connectivity index (χ1v) is 23.1. The van der Waals surface area contributed by atoms with Gasteiger partial charge in [0, 0.05) is 19.3 Å². The Labute approximate surface area is 329 Å². The number of carbonyl (C=O) groups excluding carboxylic acids is 3. The molecule has 0 aromatic heterocycles. The molecule has 0 aromatic carbocycles. The fourth-order valence-electron chi connectivity index (χ4n) is 6.85. The molecule has 0 bridgehead atoms. The van der Waals surface area contributed by atoms with E-state index in [1.165, 1.54) is 128 Å². The Morgan fingerprint density at radius 3 is 0.981 bits per heavy atom. The fourth-order valence-corrected chi connectivity index (χ4v) is 6.85. The first kappa shape index (κ1) is 51.4. The van der Waals surface area contributed by atoms with Gasteiger partial charge in [0.05, 0.1) is 0 Å². The van der Waals surface area contributed by atoms with Crippen LogP contribution in [0.5, 0.6) is 0 Å². The number of rotatable bonds is 40. The number of hydrogen-bond donors (Lipinski definition) is 0. The summed E-state index contributed by atoms with van der Waals surface area (Å²) in [6.45, 7) is 13.6. The van der Waals surface area contributed by atoms with Crippen LogP contribution >= 0.6 is 0 Å². The molecule has 0 aromatic rings. The van der Waals surface area contributed by atoms with E-state index in [1.54, 1.807) is 0 Å². The van der Waals surface area contributed by atoms with Gasteiger partial charge in [0.2, 0.25) is 0 Å². The van der Waals surface area contributed by atoms with E-state index in [2.05, 4.69) is 41.5 Å². The summed E-state index contributed by atoms with van der Waals surface area (Å²) in [5.41, 5.74) is 0. The average Bonchev–Trinajstić information content (AvgIpc) is 3.12. The Hall–Kier alpha value is -1.59. The van der Waals surface area contributed by atoms with E-state index in [0.717, 1.165) is 75.5 Å². The van der Waals surface area contributed by atoms with E-state index < -0.39 is 6.10 Å². The van der Waals surface area contributed by atoms with Crippen molar-refractivity contribution < 1.29 is 28.6 Å². The molecular formula is C47H90O6. The van der Waals surface area contributed by atoms with Gasteiger partial charge in [-0.1, -0.05) is 208 Å². The third-order valence-corrected chi connectivity index (χ3v) is 10.8. The minimum atomic E-state index is -0.762. The van der Waals surface area contributed by atoms with Crippen LogP contribution in [-0.4, -0.2) is 37.2 Å². The molecule has 0 spiro atoms. The third kappa shape index (κ3) is 39.9. The molecule has 6 nitrogen and oxygen atoms in total. The van der Waals surface area contributed by atoms with Crippen molar-refractivity contribution in [3.8, 4) is 0 Å². The van der Waals surface area contributed by atoms with Crippen molar-refractivity contribution >= 4 is 17.9 Å². The van der Waals surface area contributed by atoms with Crippen molar-refractivity contribution in [2.75, 3.05) is 13.2 Å². The maximum atomic E-state index is 12.7. The molecule has 2 atom stereocenters. The van der Waals surface area contributed by atoms with Crippen LogP contribution in [0.3, 0.4) is 0 Å². The lowest BCUT2D eigenvalue weighted by atomic mass is 9.99. The van der Waals surface area contributed by atoms with Gasteiger partial charge in [-0.3, -0.25) is 14.4 Å². The molecule has 6 heteroatoms. The number of hydrogen-bond acceptors (Lipinski definition) is 6. The van der Waals surface area contributed by atoms with Crippen LogP contribution in [0.1, 0.15) is 247 Å². The van der Waals surface area contributed by atoms with E-state index >= 15 is 0 Å². The minimum Gasteiger partial charge on any atom is -0.462 e. The van der Waals surface area contributed by atoms with Crippen molar-refractivity contribution in [3.05, 3.63) is 0 Å². The van der Waals surface area contributed by atoms with Gasteiger partial charge < -0.3 is 14.2 Å². The van der Waals surface area contributed by atoms with Crippen molar-refractivity contribution in [3.63, 3.8) is 0 Å². The second kappa shape index (κ2) is 38.7. The monoisotopic (exact) mass is 751 g/mol. The molecule has 0 N–H and O–H groups in total. The Bertz CT molecular complexity index is 824. The average molecular weight is 751 g/mol. The lowest BCUT2D eigenvalue weighted by Gasteiger charge is -2.18. The molecule has 0 rings (SSSR count). The van der Waals surface area contributed by atoms with Crippen molar-refractivity contribution in [1.82, 2.24) is 0 Å². The molecule has 0 aliphatic carbocycles. The van der Waals surface area contributed by atoms with Gasteiger partial charge >= 0.3 is 17.9 Å². The molecule has 314 valence electrons. The number of carbonyl (C=O) groups is 3. The predicted molar refractivity (Wildman–Crippen MR) is 224 cm³/mol. The number of esters is 3. The quantitative estimate of drug-likeness (QED) is 0.0352. The van der Waals surface area contributed by atoms with Gasteiger partial charge in [-0.25, -0.2) is 0 Å². The highest BCUT2D eigenvalue weighted by molar-refractivity contribution is 5.71. The molecule has 0 amide bonds. The first-order valence-electron chi connectivity index (χ1n) is 23.1. The second-order valence-electron chi connectivity index (χ2n) is 17.2. The van der Waals surface area contributed by atoms with Crippen LogP contribution < -0.4 is 0 Å². The summed E-state index contributed by atoms with van der Waals surface area (Å²) in [6, 6.07) is 0. The summed E-state index contributed by atoms with van der Waals surface area (Å²) in [7, 11) is 0. The first-order chi connectivity index (χ1) is 25.6. The van der Waals surface area contributed by atoms with Crippen LogP contribution in [0.4, 0.5) is 0 Å². The van der Waals surface area contributed by atoms with Crippen LogP contribution in [0.15, 0.2) is 0 Å². The van der Waals surface area contributed by atoms with Crippen LogP contribution in [0.25, 0.3) is 0 Å².